The van der Waals surface area contributed by atoms with E-state index in [1.165, 1.54) is 6.33 Å². The van der Waals surface area contributed by atoms with Gasteiger partial charge in [0.2, 0.25) is 11.2 Å². The molecule has 6 heteroatoms. The molecule has 0 aromatic carbocycles. The van der Waals surface area contributed by atoms with Crippen molar-refractivity contribution in [3.63, 3.8) is 0 Å². The third kappa shape index (κ3) is 2.64. The molecule has 2 aromatic rings. The van der Waals surface area contributed by atoms with Crippen LogP contribution in [-0.4, -0.2) is 27.0 Å². The molecule has 0 saturated carbocycles. The molecule has 0 radical (unpaired) electrons. The fraction of sp³-hybridized carbons (Fsp3) is 0.200. The fourth-order valence-corrected chi connectivity index (χ4v) is 1.41. The predicted molar refractivity (Wildman–Crippen MR) is 61.2 cm³/mol. The first-order valence-electron chi connectivity index (χ1n) is 4.70. The molecule has 0 unspecified atom stereocenters. The van der Waals surface area contributed by atoms with Crippen LogP contribution in [0.1, 0.15) is 5.56 Å². The lowest BCUT2D eigenvalue weighted by atomic mass is 10.3. The van der Waals surface area contributed by atoms with Crippen LogP contribution in [0.3, 0.4) is 0 Å². The highest BCUT2D eigenvalue weighted by Gasteiger charge is 2.05. The van der Waals surface area contributed by atoms with E-state index in [1.54, 1.807) is 12.4 Å². The van der Waals surface area contributed by atoms with Crippen molar-refractivity contribution >= 4 is 17.5 Å². The number of halogens is 1. The Morgan fingerprint density at radius 2 is 2.25 bits per heavy atom. The van der Waals surface area contributed by atoms with Crippen molar-refractivity contribution in [1.82, 2.24) is 19.9 Å². The zero-order valence-corrected chi connectivity index (χ0v) is 9.46. The maximum Gasteiger partial charge on any atom is 0.229 e. The Bertz CT molecular complexity index is 462. The summed E-state index contributed by atoms with van der Waals surface area (Å²) in [5.41, 5.74) is 1.08. The molecule has 0 spiro atoms. The number of aromatic nitrogens is 4. The second-order valence-electron chi connectivity index (χ2n) is 3.27. The van der Waals surface area contributed by atoms with Crippen LogP contribution in [0.2, 0.25) is 5.28 Å². The van der Waals surface area contributed by atoms with Gasteiger partial charge in [0.1, 0.15) is 6.33 Å². The molecule has 0 aliphatic carbocycles. The van der Waals surface area contributed by atoms with Crippen LogP contribution < -0.4 is 4.90 Å². The second kappa shape index (κ2) is 4.85. The van der Waals surface area contributed by atoms with Crippen LogP contribution in [0.15, 0.2) is 30.9 Å². The van der Waals surface area contributed by atoms with Crippen molar-refractivity contribution in [2.24, 2.45) is 0 Å². The Hall–Kier alpha value is -1.75. The minimum Gasteiger partial charge on any atom is -0.339 e. The zero-order chi connectivity index (χ0) is 11.4. The number of hydrogen-bond acceptors (Lipinski definition) is 5. The van der Waals surface area contributed by atoms with Gasteiger partial charge in [-0.2, -0.15) is 4.98 Å². The SMILES string of the molecule is CN(Cc1cccnc1)c1ncnc(Cl)n1. The average molecular weight is 236 g/mol. The average Bonchev–Trinajstić information content (AvgIpc) is 2.30. The Kier molecular flexibility index (Phi) is 3.26. The van der Waals surface area contributed by atoms with Gasteiger partial charge in [-0.1, -0.05) is 6.07 Å². The highest BCUT2D eigenvalue weighted by atomic mass is 35.5. The van der Waals surface area contributed by atoms with Gasteiger partial charge in [-0.15, -0.1) is 0 Å². The molecule has 0 atom stereocenters. The maximum atomic E-state index is 5.69. The van der Waals surface area contributed by atoms with E-state index in [-0.39, 0.29) is 5.28 Å². The fourth-order valence-electron chi connectivity index (χ4n) is 1.29. The molecular weight excluding hydrogens is 226 g/mol. The molecule has 2 aromatic heterocycles. The van der Waals surface area contributed by atoms with E-state index >= 15 is 0 Å². The van der Waals surface area contributed by atoms with E-state index in [0.29, 0.717) is 12.5 Å². The molecule has 0 bridgehead atoms. The van der Waals surface area contributed by atoms with Crippen LogP contribution >= 0.6 is 11.6 Å². The van der Waals surface area contributed by atoms with Gasteiger partial charge in [-0.05, 0) is 23.2 Å². The molecule has 16 heavy (non-hydrogen) atoms. The third-order valence-electron chi connectivity index (χ3n) is 2.01. The van der Waals surface area contributed by atoms with E-state index in [9.17, 15) is 0 Å². The van der Waals surface area contributed by atoms with Crippen LogP contribution in [-0.2, 0) is 6.54 Å². The van der Waals surface area contributed by atoms with Crippen LogP contribution in [0.5, 0.6) is 0 Å². The van der Waals surface area contributed by atoms with Crippen LogP contribution in [0, 0.1) is 0 Å². The summed E-state index contributed by atoms with van der Waals surface area (Å²) in [5, 5.41) is 0.197. The number of hydrogen-bond donors (Lipinski definition) is 0. The zero-order valence-electron chi connectivity index (χ0n) is 8.71. The Balaban J connectivity index is 2.12. The third-order valence-corrected chi connectivity index (χ3v) is 2.20. The lowest BCUT2D eigenvalue weighted by molar-refractivity contribution is 0.848. The van der Waals surface area contributed by atoms with Gasteiger partial charge in [-0.3, -0.25) is 4.98 Å². The number of nitrogens with zero attached hydrogens (tertiary/aromatic N) is 5. The highest BCUT2D eigenvalue weighted by molar-refractivity contribution is 6.28. The van der Waals surface area contributed by atoms with Gasteiger partial charge < -0.3 is 4.90 Å². The van der Waals surface area contributed by atoms with Crippen molar-refractivity contribution in [2.75, 3.05) is 11.9 Å². The van der Waals surface area contributed by atoms with E-state index in [0.717, 1.165) is 5.56 Å². The smallest absolute Gasteiger partial charge is 0.229 e. The van der Waals surface area contributed by atoms with Gasteiger partial charge in [-0.25, -0.2) is 9.97 Å². The quantitative estimate of drug-likeness (QED) is 0.808. The monoisotopic (exact) mass is 235 g/mol. The molecule has 2 heterocycles. The van der Waals surface area contributed by atoms with Gasteiger partial charge in [0.15, 0.2) is 0 Å². The van der Waals surface area contributed by atoms with Crippen molar-refractivity contribution in [3.05, 3.63) is 41.7 Å². The summed E-state index contributed by atoms with van der Waals surface area (Å²) in [6, 6.07) is 3.88. The summed E-state index contributed by atoms with van der Waals surface area (Å²) in [5.74, 6) is 0.545. The Labute approximate surface area is 98.2 Å². The summed E-state index contributed by atoms with van der Waals surface area (Å²) in [7, 11) is 1.89. The lowest BCUT2D eigenvalue weighted by Gasteiger charge is -2.16. The van der Waals surface area contributed by atoms with E-state index in [2.05, 4.69) is 19.9 Å². The maximum absolute atomic E-state index is 5.69. The molecule has 0 aliphatic rings. The first-order valence-corrected chi connectivity index (χ1v) is 5.08. The second-order valence-corrected chi connectivity index (χ2v) is 3.61. The van der Waals surface area contributed by atoms with Gasteiger partial charge >= 0.3 is 0 Å². The Morgan fingerprint density at radius 1 is 1.38 bits per heavy atom. The summed E-state index contributed by atoms with van der Waals surface area (Å²) >= 11 is 5.69. The minimum absolute atomic E-state index is 0.197. The molecule has 0 fully saturated rings. The number of pyridine rings is 1. The van der Waals surface area contributed by atoms with Gasteiger partial charge in [0, 0.05) is 26.0 Å². The van der Waals surface area contributed by atoms with Crippen LogP contribution in [0.25, 0.3) is 0 Å². The summed E-state index contributed by atoms with van der Waals surface area (Å²) in [6.07, 6.45) is 4.94. The lowest BCUT2D eigenvalue weighted by Crippen LogP contribution is -2.19. The predicted octanol–water partition coefficient (Wildman–Crippen LogP) is 1.56. The summed E-state index contributed by atoms with van der Waals surface area (Å²) < 4.78 is 0. The number of anilines is 1. The van der Waals surface area contributed by atoms with E-state index in [1.807, 2.05) is 24.1 Å². The van der Waals surface area contributed by atoms with Crippen molar-refractivity contribution in [3.8, 4) is 0 Å². The first kappa shape index (κ1) is 10.8. The summed E-state index contributed by atoms with van der Waals surface area (Å²) in [6.45, 7) is 0.675. The first-order chi connectivity index (χ1) is 7.75. The minimum atomic E-state index is 0.197. The summed E-state index contributed by atoms with van der Waals surface area (Å²) in [4.78, 5) is 17.7. The molecule has 0 saturated heterocycles. The largest absolute Gasteiger partial charge is 0.339 e. The van der Waals surface area contributed by atoms with Crippen molar-refractivity contribution in [1.29, 1.82) is 0 Å². The van der Waals surface area contributed by atoms with Gasteiger partial charge in [0.05, 0.1) is 0 Å². The normalized spacial score (nSPS) is 10.1. The molecule has 5 nitrogen and oxygen atoms in total. The topological polar surface area (TPSA) is 54.8 Å². The van der Waals surface area contributed by atoms with E-state index in [4.69, 9.17) is 11.6 Å². The molecule has 0 amide bonds. The van der Waals surface area contributed by atoms with Crippen molar-refractivity contribution in [2.45, 2.75) is 6.54 Å². The molecule has 82 valence electrons. The molecule has 2 rings (SSSR count). The van der Waals surface area contributed by atoms with Crippen molar-refractivity contribution < 1.29 is 0 Å². The highest BCUT2D eigenvalue weighted by Crippen LogP contribution is 2.10. The standard InChI is InChI=1S/C10H10ClN5/c1-16(6-8-3-2-4-12-5-8)10-14-7-13-9(11)15-10/h2-5,7H,6H2,1H3. The molecule has 0 aliphatic heterocycles. The van der Waals surface area contributed by atoms with Crippen LogP contribution in [0.4, 0.5) is 5.95 Å². The van der Waals surface area contributed by atoms with Gasteiger partial charge in [0.25, 0.3) is 0 Å². The van der Waals surface area contributed by atoms with E-state index < -0.39 is 0 Å². The molecular formula is C10H10ClN5. The number of rotatable bonds is 3. The molecule has 0 N–H and O–H groups in total. The Morgan fingerprint density at radius 3 is 2.94 bits per heavy atom.